The molecular weight excluding hydrogens is 266 g/mol. The van der Waals surface area contributed by atoms with Crippen LogP contribution >= 0.6 is 0 Å². The molecule has 0 saturated carbocycles. The van der Waals surface area contributed by atoms with Crippen LogP contribution in [-0.4, -0.2) is 30.6 Å². The molecule has 1 aliphatic heterocycles. The van der Waals surface area contributed by atoms with Crippen molar-refractivity contribution in [1.82, 2.24) is 10.3 Å². The molecule has 5 heteroatoms. The molecule has 2 heterocycles. The highest BCUT2D eigenvalue weighted by atomic mass is 16.5. The van der Waals surface area contributed by atoms with Crippen LogP contribution in [0.2, 0.25) is 0 Å². The molecule has 0 aromatic carbocycles. The average molecular weight is 291 g/mol. The largest absolute Gasteiger partial charge is 0.478 e. The maximum Gasteiger partial charge on any atom is 0.231 e. The first kappa shape index (κ1) is 15.8. The minimum absolute atomic E-state index is 0.0995. The monoisotopic (exact) mass is 291 g/mol. The van der Waals surface area contributed by atoms with Crippen LogP contribution in [0.25, 0.3) is 0 Å². The molecule has 2 rings (SSSR count). The number of carbonyl (C=O) groups is 1. The average Bonchev–Trinajstić information content (AvgIpc) is 2.51. The van der Waals surface area contributed by atoms with Gasteiger partial charge in [0.1, 0.15) is 0 Å². The van der Waals surface area contributed by atoms with Gasteiger partial charge in [-0.15, -0.1) is 0 Å². The lowest BCUT2D eigenvalue weighted by atomic mass is 9.76. The summed E-state index contributed by atoms with van der Waals surface area (Å²) < 4.78 is 5.31. The molecule has 0 radical (unpaired) electrons. The number of piperidine rings is 1. The number of hydrogen-bond acceptors (Lipinski definition) is 4. The van der Waals surface area contributed by atoms with E-state index in [1.807, 2.05) is 13.0 Å². The topological polar surface area (TPSA) is 63.2 Å². The quantitative estimate of drug-likeness (QED) is 0.845. The maximum absolute atomic E-state index is 12.7. The summed E-state index contributed by atoms with van der Waals surface area (Å²) in [5.74, 6) is 0.681. The molecule has 1 aromatic heterocycles. The molecule has 0 bridgehead atoms. The smallest absolute Gasteiger partial charge is 0.231 e. The van der Waals surface area contributed by atoms with E-state index in [0.29, 0.717) is 12.5 Å². The Kier molecular flexibility index (Phi) is 5.56. The summed E-state index contributed by atoms with van der Waals surface area (Å²) in [6.07, 6.45) is 5.57. The van der Waals surface area contributed by atoms with E-state index in [1.54, 1.807) is 12.3 Å². The van der Waals surface area contributed by atoms with Gasteiger partial charge in [-0.25, -0.2) is 4.98 Å². The van der Waals surface area contributed by atoms with Gasteiger partial charge in [-0.2, -0.15) is 0 Å². The molecule has 5 nitrogen and oxygen atoms in total. The van der Waals surface area contributed by atoms with Crippen LogP contribution in [0.4, 0.5) is 5.69 Å². The number of ether oxygens (including phenoxy) is 1. The molecule has 1 atom stereocenters. The number of rotatable bonds is 6. The second kappa shape index (κ2) is 7.41. The second-order valence-electron chi connectivity index (χ2n) is 5.58. The Labute approximate surface area is 126 Å². The molecular formula is C16H25N3O2. The summed E-state index contributed by atoms with van der Waals surface area (Å²) >= 11 is 0. The minimum Gasteiger partial charge on any atom is -0.478 e. The first-order chi connectivity index (χ1) is 10.2. The van der Waals surface area contributed by atoms with Crippen molar-refractivity contribution < 1.29 is 9.53 Å². The molecule has 116 valence electrons. The maximum atomic E-state index is 12.7. The number of anilines is 1. The van der Waals surface area contributed by atoms with Gasteiger partial charge >= 0.3 is 0 Å². The molecule has 1 aromatic rings. The summed E-state index contributed by atoms with van der Waals surface area (Å²) in [5.41, 5.74) is 0.440. The molecule has 1 fully saturated rings. The summed E-state index contributed by atoms with van der Waals surface area (Å²) in [6.45, 7) is 6.40. The Bertz CT molecular complexity index is 448. The van der Waals surface area contributed by atoms with Crippen LogP contribution in [0.5, 0.6) is 5.88 Å². The van der Waals surface area contributed by atoms with Crippen LogP contribution in [0.3, 0.4) is 0 Å². The van der Waals surface area contributed by atoms with Crippen LogP contribution in [0.1, 0.15) is 39.5 Å². The van der Waals surface area contributed by atoms with Gasteiger partial charge in [-0.1, -0.05) is 13.3 Å². The Morgan fingerprint density at radius 1 is 1.48 bits per heavy atom. The fourth-order valence-electron chi connectivity index (χ4n) is 2.92. The SMILES string of the molecule is CCCC1(C(=O)Nc2ccc(OCC)nc2)CCCNC1. The first-order valence-electron chi connectivity index (χ1n) is 7.81. The normalized spacial score (nSPS) is 21.8. The van der Waals surface area contributed by atoms with E-state index in [4.69, 9.17) is 4.74 Å². The lowest BCUT2D eigenvalue weighted by Gasteiger charge is -2.36. The van der Waals surface area contributed by atoms with Gasteiger partial charge in [0.25, 0.3) is 0 Å². The zero-order valence-electron chi connectivity index (χ0n) is 12.9. The Balaban J connectivity index is 2.04. The van der Waals surface area contributed by atoms with Crippen LogP contribution in [0, 0.1) is 5.41 Å². The van der Waals surface area contributed by atoms with E-state index in [-0.39, 0.29) is 11.3 Å². The van der Waals surface area contributed by atoms with Crippen LogP contribution < -0.4 is 15.4 Å². The van der Waals surface area contributed by atoms with Gasteiger partial charge in [0.05, 0.1) is 23.9 Å². The minimum atomic E-state index is -0.286. The Morgan fingerprint density at radius 2 is 2.33 bits per heavy atom. The molecule has 1 saturated heterocycles. The van der Waals surface area contributed by atoms with E-state index >= 15 is 0 Å². The van der Waals surface area contributed by atoms with Crippen molar-refractivity contribution in [3.05, 3.63) is 18.3 Å². The van der Waals surface area contributed by atoms with Crippen molar-refractivity contribution in [1.29, 1.82) is 0 Å². The number of hydrogen-bond donors (Lipinski definition) is 2. The van der Waals surface area contributed by atoms with E-state index in [9.17, 15) is 4.79 Å². The van der Waals surface area contributed by atoms with Crippen molar-refractivity contribution in [2.24, 2.45) is 5.41 Å². The summed E-state index contributed by atoms with van der Waals surface area (Å²) in [4.78, 5) is 16.9. The highest BCUT2D eigenvalue weighted by molar-refractivity contribution is 5.95. The molecule has 21 heavy (non-hydrogen) atoms. The zero-order chi connectivity index (χ0) is 15.1. The van der Waals surface area contributed by atoms with E-state index in [2.05, 4.69) is 22.5 Å². The highest BCUT2D eigenvalue weighted by Crippen LogP contribution is 2.33. The van der Waals surface area contributed by atoms with Crippen molar-refractivity contribution >= 4 is 11.6 Å². The molecule has 1 aliphatic rings. The zero-order valence-corrected chi connectivity index (χ0v) is 12.9. The van der Waals surface area contributed by atoms with Crippen molar-refractivity contribution in [3.63, 3.8) is 0 Å². The number of amides is 1. The summed E-state index contributed by atoms with van der Waals surface area (Å²) in [7, 11) is 0. The van der Waals surface area contributed by atoms with Crippen molar-refractivity contribution in [2.45, 2.75) is 39.5 Å². The van der Waals surface area contributed by atoms with Crippen molar-refractivity contribution in [2.75, 3.05) is 25.0 Å². The van der Waals surface area contributed by atoms with Gasteiger partial charge < -0.3 is 15.4 Å². The molecule has 1 unspecified atom stereocenters. The lowest BCUT2D eigenvalue weighted by molar-refractivity contribution is -0.127. The van der Waals surface area contributed by atoms with Gasteiger partial charge in [-0.3, -0.25) is 4.79 Å². The van der Waals surface area contributed by atoms with Gasteiger partial charge in [0.2, 0.25) is 11.8 Å². The van der Waals surface area contributed by atoms with Gasteiger partial charge in [-0.05, 0) is 38.8 Å². The second-order valence-corrected chi connectivity index (χ2v) is 5.58. The third-order valence-electron chi connectivity index (χ3n) is 3.97. The molecule has 0 aliphatic carbocycles. The third kappa shape index (κ3) is 3.94. The first-order valence-corrected chi connectivity index (χ1v) is 7.81. The predicted molar refractivity (Wildman–Crippen MR) is 83.5 cm³/mol. The Hall–Kier alpha value is -1.62. The lowest BCUT2D eigenvalue weighted by Crippen LogP contribution is -2.48. The standard InChI is InChI=1S/C16H25N3O2/c1-3-8-16(9-5-10-17-12-16)15(20)19-13-6-7-14(18-11-13)21-4-2/h6-7,11,17H,3-5,8-10,12H2,1-2H3,(H,19,20). The number of nitrogens with zero attached hydrogens (tertiary/aromatic N) is 1. The summed E-state index contributed by atoms with van der Waals surface area (Å²) in [5, 5.41) is 6.37. The number of carbonyl (C=O) groups excluding carboxylic acids is 1. The van der Waals surface area contributed by atoms with Crippen LogP contribution in [-0.2, 0) is 4.79 Å². The third-order valence-corrected chi connectivity index (χ3v) is 3.97. The van der Waals surface area contributed by atoms with Crippen molar-refractivity contribution in [3.8, 4) is 5.88 Å². The number of aromatic nitrogens is 1. The molecule has 2 N–H and O–H groups in total. The van der Waals surface area contributed by atoms with E-state index < -0.39 is 0 Å². The highest BCUT2D eigenvalue weighted by Gasteiger charge is 2.38. The molecule has 0 spiro atoms. The summed E-state index contributed by atoms with van der Waals surface area (Å²) in [6, 6.07) is 3.62. The van der Waals surface area contributed by atoms with Crippen LogP contribution in [0.15, 0.2) is 18.3 Å². The fraction of sp³-hybridized carbons (Fsp3) is 0.625. The van der Waals surface area contributed by atoms with E-state index in [0.717, 1.165) is 44.5 Å². The predicted octanol–water partition coefficient (Wildman–Crippen LogP) is 2.59. The number of pyridine rings is 1. The van der Waals surface area contributed by atoms with Gasteiger partial charge in [0.15, 0.2) is 0 Å². The molecule has 1 amide bonds. The van der Waals surface area contributed by atoms with Gasteiger partial charge in [0, 0.05) is 12.6 Å². The fourth-order valence-corrected chi connectivity index (χ4v) is 2.92. The Morgan fingerprint density at radius 3 is 2.90 bits per heavy atom. The van der Waals surface area contributed by atoms with E-state index in [1.165, 1.54) is 0 Å². The number of nitrogens with one attached hydrogen (secondary N) is 2.